The second-order valence-corrected chi connectivity index (χ2v) is 12.0. The number of carbonyl (C=O) groups excluding carboxylic acids is 5. The van der Waals surface area contributed by atoms with Gasteiger partial charge >= 0.3 is 6.09 Å². The number of rotatable bonds is 12. The largest absolute Gasteiger partial charge is 0.444 e. The second-order valence-electron chi connectivity index (χ2n) is 12.0. The van der Waals surface area contributed by atoms with Crippen molar-refractivity contribution in [3.8, 4) is 0 Å². The van der Waals surface area contributed by atoms with E-state index in [-0.39, 0.29) is 42.0 Å². The number of nitrogens with one attached hydrogen (secondary N) is 3. The van der Waals surface area contributed by atoms with Gasteiger partial charge in [-0.1, -0.05) is 39.8 Å². The van der Waals surface area contributed by atoms with Gasteiger partial charge in [-0.3, -0.25) is 19.2 Å². The molecule has 2 fully saturated rings. The topological polar surface area (TPSA) is 134 Å². The molecular weight excluding hydrogens is 488 g/mol. The zero-order valence-electron chi connectivity index (χ0n) is 23.8. The van der Waals surface area contributed by atoms with Crippen molar-refractivity contribution in [3.05, 3.63) is 25.3 Å². The fourth-order valence-electron chi connectivity index (χ4n) is 5.16. The molecule has 5 atom stereocenters. The molecule has 0 aromatic carbocycles. The fourth-order valence-corrected chi connectivity index (χ4v) is 5.16. The van der Waals surface area contributed by atoms with Crippen LogP contribution in [0.5, 0.6) is 0 Å². The molecule has 4 amide bonds. The van der Waals surface area contributed by atoms with Crippen molar-refractivity contribution >= 4 is 29.6 Å². The summed E-state index contributed by atoms with van der Waals surface area (Å²) in [6, 6.07) is -2.80. The van der Waals surface area contributed by atoms with Gasteiger partial charge in [0.25, 0.3) is 5.91 Å². The molecule has 2 rings (SSSR count). The number of hydrogen-bond acceptors (Lipinski definition) is 6. The maximum Gasteiger partial charge on any atom is 0.408 e. The Morgan fingerprint density at radius 3 is 2.24 bits per heavy atom. The quantitative estimate of drug-likeness (QED) is 0.261. The lowest BCUT2D eigenvalue weighted by Gasteiger charge is -2.35. The van der Waals surface area contributed by atoms with Gasteiger partial charge in [-0.05, 0) is 56.8 Å². The molecule has 0 bridgehead atoms. The molecule has 1 aliphatic heterocycles. The van der Waals surface area contributed by atoms with Crippen molar-refractivity contribution < 1.29 is 28.7 Å². The number of ether oxygens (including phenoxy) is 1. The average Bonchev–Trinajstić information content (AvgIpc) is 3.15. The normalized spacial score (nSPS) is 22.9. The van der Waals surface area contributed by atoms with Crippen LogP contribution in [0.3, 0.4) is 0 Å². The van der Waals surface area contributed by atoms with Gasteiger partial charge < -0.3 is 25.6 Å². The molecule has 10 nitrogen and oxygen atoms in total. The number of nitrogens with zero attached hydrogens (tertiary/aromatic N) is 1. The Kier molecular flexibility index (Phi) is 9.91. The summed E-state index contributed by atoms with van der Waals surface area (Å²) in [6.07, 6.45) is 2.95. The molecule has 4 unspecified atom stereocenters. The third-order valence-corrected chi connectivity index (χ3v) is 7.29. The zero-order valence-corrected chi connectivity index (χ0v) is 23.8. The standard InChI is InChI=1S/C28H44N4O6/c1-10-12-13-18(22(33)24(35)29-14-11-2)30-23(34)21-19-17(28(19,8)9)15-32(21)25(36)20(16(3)4)31-26(37)38-27(5,6)7/h10-11,16-21H,1-2,12-15H2,3-9H3,(H,29,35)(H,30,34)(H,31,37)/t17?,18?,19?,20-,21?/m0/s1. The van der Waals surface area contributed by atoms with Gasteiger partial charge in [-0.2, -0.15) is 0 Å². The van der Waals surface area contributed by atoms with E-state index in [1.54, 1.807) is 26.8 Å². The number of hydrogen-bond donors (Lipinski definition) is 3. The van der Waals surface area contributed by atoms with Crippen LogP contribution in [-0.4, -0.2) is 71.3 Å². The van der Waals surface area contributed by atoms with Crippen LogP contribution in [0.15, 0.2) is 25.3 Å². The third-order valence-electron chi connectivity index (χ3n) is 7.29. The van der Waals surface area contributed by atoms with Crippen LogP contribution in [-0.2, 0) is 23.9 Å². The fraction of sp³-hybridized carbons (Fsp3) is 0.679. The van der Waals surface area contributed by atoms with E-state index in [2.05, 4.69) is 29.1 Å². The Hall–Kier alpha value is -3.17. The highest BCUT2D eigenvalue weighted by atomic mass is 16.6. The number of likely N-dealkylation sites (tertiary alicyclic amines) is 1. The van der Waals surface area contributed by atoms with Crippen molar-refractivity contribution in [2.24, 2.45) is 23.2 Å². The summed E-state index contributed by atoms with van der Waals surface area (Å²) in [5.41, 5.74) is -0.895. The molecule has 1 saturated heterocycles. The smallest absolute Gasteiger partial charge is 0.408 e. The molecule has 0 radical (unpaired) electrons. The number of alkyl carbamates (subject to hydrolysis) is 1. The van der Waals surface area contributed by atoms with Gasteiger partial charge in [0.05, 0.1) is 6.04 Å². The predicted octanol–water partition coefficient (Wildman–Crippen LogP) is 2.34. The van der Waals surface area contributed by atoms with Crippen molar-refractivity contribution in [3.63, 3.8) is 0 Å². The number of ketones is 1. The first kappa shape index (κ1) is 31.1. The Morgan fingerprint density at radius 2 is 1.71 bits per heavy atom. The SMILES string of the molecule is C=CCCC(NC(=O)C1C2C(CN1C(=O)[C@@H](NC(=O)OC(C)(C)C)C(C)C)C2(C)C)C(=O)C(=O)NCC=C. The van der Waals surface area contributed by atoms with Gasteiger partial charge in [0.1, 0.15) is 17.7 Å². The van der Waals surface area contributed by atoms with Gasteiger partial charge in [0.2, 0.25) is 17.6 Å². The van der Waals surface area contributed by atoms with Crippen molar-refractivity contribution in [2.75, 3.05) is 13.1 Å². The number of fused-ring (bicyclic) bond motifs is 1. The summed E-state index contributed by atoms with van der Waals surface area (Å²) in [5, 5.41) is 7.86. The maximum absolute atomic E-state index is 13.7. The van der Waals surface area contributed by atoms with Crippen LogP contribution in [0.2, 0.25) is 0 Å². The summed E-state index contributed by atoms with van der Waals surface area (Å²) >= 11 is 0. The van der Waals surface area contributed by atoms with E-state index in [1.807, 2.05) is 27.7 Å². The lowest BCUT2D eigenvalue weighted by molar-refractivity contribution is -0.144. The van der Waals surface area contributed by atoms with Crippen molar-refractivity contribution in [1.29, 1.82) is 0 Å². The molecule has 3 N–H and O–H groups in total. The minimum Gasteiger partial charge on any atom is -0.444 e. The predicted molar refractivity (Wildman–Crippen MR) is 144 cm³/mol. The minimum absolute atomic E-state index is 0.106. The van der Waals surface area contributed by atoms with E-state index in [9.17, 15) is 24.0 Å². The summed E-state index contributed by atoms with van der Waals surface area (Å²) in [6.45, 7) is 20.6. The molecule has 212 valence electrons. The van der Waals surface area contributed by atoms with Crippen molar-refractivity contribution in [2.45, 2.75) is 85.0 Å². The first-order valence-electron chi connectivity index (χ1n) is 13.2. The molecule has 10 heteroatoms. The second kappa shape index (κ2) is 12.1. The van der Waals surface area contributed by atoms with Gasteiger partial charge in [-0.15, -0.1) is 13.2 Å². The van der Waals surface area contributed by atoms with Crippen LogP contribution in [0, 0.1) is 23.2 Å². The summed E-state index contributed by atoms with van der Waals surface area (Å²) in [7, 11) is 0. The van der Waals surface area contributed by atoms with E-state index >= 15 is 0 Å². The molecule has 0 aromatic heterocycles. The van der Waals surface area contributed by atoms with E-state index < -0.39 is 47.4 Å². The number of Topliss-reactive ketones (excluding diaryl/α,β-unsaturated/α-hetero) is 1. The highest BCUT2D eigenvalue weighted by molar-refractivity contribution is 6.38. The molecule has 1 aliphatic carbocycles. The van der Waals surface area contributed by atoms with Crippen LogP contribution >= 0.6 is 0 Å². The summed E-state index contributed by atoms with van der Waals surface area (Å²) < 4.78 is 5.35. The van der Waals surface area contributed by atoms with Crippen molar-refractivity contribution in [1.82, 2.24) is 20.9 Å². The number of allylic oxidation sites excluding steroid dienone is 1. The van der Waals surface area contributed by atoms with Crippen LogP contribution < -0.4 is 16.0 Å². The lowest BCUT2D eigenvalue weighted by Crippen LogP contribution is -2.59. The molecular formula is C28H44N4O6. The van der Waals surface area contributed by atoms with Crippen LogP contribution in [0.25, 0.3) is 0 Å². The summed E-state index contributed by atoms with van der Waals surface area (Å²) in [4.78, 5) is 66.5. The Balaban J connectivity index is 2.27. The molecule has 1 saturated carbocycles. The number of piperidine rings is 1. The number of amides is 4. The van der Waals surface area contributed by atoms with Crippen LogP contribution in [0.1, 0.15) is 61.3 Å². The molecule has 1 heterocycles. The summed E-state index contributed by atoms with van der Waals surface area (Å²) in [5.74, 6) is -2.72. The zero-order chi connectivity index (χ0) is 29.0. The van der Waals surface area contributed by atoms with Gasteiger partial charge in [-0.25, -0.2) is 4.79 Å². The van der Waals surface area contributed by atoms with Gasteiger partial charge in [0, 0.05) is 13.1 Å². The Bertz CT molecular complexity index is 967. The van der Waals surface area contributed by atoms with Gasteiger partial charge in [0.15, 0.2) is 0 Å². The molecule has 38 heavy (non-hydrogen) atoms. The molecule has 0 spiro atoms. The highest BCUT2D eigenvalue weighted by Gasteiger charge is 2.69. The number of carbonyl (C=O) groups is 5. The maximum atomic E-state index is 13.7. The van der Waals surface area contributed by atoms with E-state index in [4.69, 9.17) is 4.74 Å². The first-order chi connectivity index (χ1) is 17.6. The third kappa shape index (κ3) is 7.23. The molecule has 2 aliphatic rings. The van der Waals surface area contributed by atoms with E-state index in [1.165, 1.54) is 11.0 Å². The average molecular weight is 533 g/mol. The molecule has 0 aromatic rings. The Morgan fingerprint density at radius 1 is 1.08 bits per heavy atom. The lowest BCUT2D eigenvalue weighted by atomic mass is 9.96. The monoisotopic (exact) mass is 532 g/mol. The minimum atomic E-state index is -1.07. The first-order valence-corrected chi connectivity index (χ1v) is 13.2. The van der Waals surface area contributed by atoms with E-state index in [0.29, 0.717) is 13.0 Å². The van der Waals surface area contributed by atoms with Crippen LogP contribution in [0.4, 0.5) is 4.79 Å². The van der Waals surface area contributed by atoms with E-state index in [0.717, 1.165) is 0 Å². The highest BCUT2D eigenvalue weighted by Crippen LogP contribution is 2.65. The Labute approximate surface area is 226 Å².